The maximum atomic E-state index is 14.4. The molecule has 12 nitrogen and oxygen atoms in total. The van der Waals surface area contributed by atoms with Crippen LogP contribution in [0.4, 0.5) is 10.2 Å². The van der Waals surface area contributed by atoms with Crippen LogP contribution < -0.4 is 15.0 Å². The Kier molecular flexibility index (Phi) is 10.2. The van der Waals surface area contributed by atoms with E-state index >= 15 is 0 Å². The molecule has 2 aliphatic heterocycles. The van der Waals surface area contributed by atoms with E-state index in [-0.39, 0.29) is 52.9 Å². The molecule has 1 N–H and O–H groups in total. The van der Waals surface area contributed by atoms with E-state index in [0.717, 1.165) is 64.8 Å². The van der Waals surface area contributed by atoms with Crippen LogP contribution in [0, 0.1) is 17.2 Å². The lowest BCUT2D eigenvalue weighted by atomic mass is 9.67. The summed E-state index contributed by atoms with van der Waals surface area (Å²) >= 11 is 0. The number of ether oxygens (including phenoxy) is 1. The molecule has 6 rings (SSSR count). The average Bonchev–Trinajstić information content (AvgIpc) is 3.78. The molecule has 3 aliphatic rings. The van der Waals surface area contributed by atoms with E-state index in [0.29, 0.717) is 17.2 Å². The van der Waals surface area contributed by atoms with Gasteiger partial charge in [0.15, 0.2) is 5.82 Å². The normalized spacial score (nSPS) is 20.1. The van der Waals surface area contributed by atoms with Crippen LogP contribution in [0.1, 0.15) is 93.6 Å². The Morgan fingerprint density at radius 2 is 1.81 bits per heavy atom. The first-order valence-corrected chi connectivity index (χ1v) is 17.3. The van der Waals surface area contributed by atoms with Gasteiger partial charge in [-0.3, -0.25) is 9.59 Å². The molecule has 1 saturated carbocycles. The van der Waals surface area contributed by atoms with Crippen LogP contribution in [0.15, 0.2) is 41.3 Å². The van der Waals surface area contributed by atoms with Crippen molar-refractivity contribution in [2.75, 3.05) is 37.6 Å². The molecule has 2 amide bonds. The second-order valence-electron chi connectivity index (χ2n) is 14.3. The molecular weight excluding hydrogens is 615 g/mol. The van der Waals surface area contributed by atoms with Gasteiger partial charge in [0.2, 0.25) is 5.76 Å². The van der Waals surface area contributed by atoms with Crippen molar-refractivity contribution in [1.29, 1.82) is 0 Å². The number of carbonyl (C=O) groups is 2. The molecule has 1 atom stereocenters. The number of anilines is 1. The number of carbonyl (C=O) groups excluding carboxylic acids is 2. The van der Waals surface area contributed by atoms with Gasteiger partial charge < -0.3 is 29.3 Å². The summed E-state index contributed by atoms with van der Waals surface area (Å²) in [5.41, 5.74) is 0.507. The minimum Gasteiger partial charge on any atom is -0.434 e. The van der Waals surface area contributed by atoms with Crippen LogP contribution in [0.2, 0.25) is 0 Å². The van der Waals surface area contributed by atoms with Crippen molar-refractivity contribution in [3.8, 4) is 11.6 Å². The van der Waals surface area contributed by atoms with E-state index in [1.54, 1.807) is 11.0 Å². The van der Waals surface area contributed by atoms with Crippen LogP contribution in [0.25, 0.3) is 0 Å². The number of likely N-dealkylation sites (tertiary alicyclic amines) is 1. The zero-order valence-corrected chi connectivity index (χ0v) is 28.4. The van der Waals surface area contributed by atoms with Crippen LogP contribution in [0.3, 0.4) is 0 Å². The van der Waals surface area contributed by atoms with Crippen molar-refractivity contribution < 1.29 is 23.2 Å². The second kappa shape index (κ2) is 14.6. The highest BCUT2D eigenvalue weighted by atomic mass is 19.1. The molecule has 258 valence electrons. The summed E-state index contributed by atoms with van der Waals surface area (Å²) in [5.74, 6) is 0.736. The van der Waals surface area contributed by atoms with Gasteiger partial charge in [-0.1, -0.05) is 5.16 Å². The molecule has 4 heterocycles. The summed E-state index contributed by atoms with van der Waals surface area (Å²) in [6.07, 6.45) is 10.6. The first-order chi connectivity index (χ1) is 23.1. The summed E-state index contributed by atoms with van der Waals surface area (Å²) in [4.78, 5) is 36.9. The predicted octanol–water partition coefficient (Wildman–Crippen LogP) is 5.33. The quantitative estimate of drug-likeness (QED) is 0.304. The summed E-state index contributed by atoms with van der Waals surface area (Å²) in [5, 5.41) is 15.0. The maximum absolute atomic E-state index is 14.4. The summed E-state index contributed by atoms with van der Waals surface area (Å²) in [6.45, 7) is 12.6. The Hall–Kier alpha value is -4.13. The number of nitrogens with one attached hydrogen (secondary N) is 1. The molecule has 48 heavy (non-hydrogen) atoms. The molecule has 1 aromatic carbocycles. The minimum absolute atomic E-state index is 0.0741. The molecule has 3 aromatic rings. The highest BCUT2D eigenvalue weighted by Gasteiger charge is 2.39. The topological polar surface area (TPSA) is 130 Å². The Balaban J connectivity index is 1.03. The SMILES string of the molecule is CC(C)N(C(=O)c1cc(F)ccc1Oc1nncnc1N1CC[C@@H](CN2CCC3(CCC(NC(=O)c4ccno4)CC3)CC2)C1)C(C)C. The molecule has 0 radical (unpaired) electrons. The van der Waals surface area contributed by atoms with Crippen molar-refractivity contribution in [2.45, 2.75) is 90.8 Å². The smallest absolute Gasteiger partial charge is 0.290 e. The zero-order valence-electron chi connectivity index (χ0n) is 28.4. The van der Waals surface area contributed by atoms with E-state index in [4.69, 9.17) is 9.26 Å². The van der Waals surface area contributed by atoms with E-state index in [9.17, 15) is 14.0 Å². The van der Waals surface area contributed by atoms with Gasteiger partial charge in [-0.25, -0.2) is 9.37 Å². The fourth-order valence-electron chi connectivity index (χ4n) is 7.82. The average molecular weight is 663 g/mol. The van der Waals surface area contributed by atoms with Gasteiger partial charge in [0.1, 0.15) is 17.9 Å². The molecule has 1 aliphatic carbocycles. The molecule has 2 aromatic heterocycles. The highest BCUT2D eigenvalue weighted by molar-refractivity contribution is 5.97. The number of aromatic nitrogens is 4. The first-order valence-electron chi connectivity index (χ1n) is 17.3. The Morgan fingerprint density at radius 1 is 1.06 bits per heavy atom. The predicted molar refractivity (Wildman–Crippen MR) is 177 cm³/mol. The third kappa shape index (κ3) is 7.61. The largest absolute Gasteiger partial charge is 0.434 e. The lowest BCUT2D eigenvalue weighted by Crippen LogP contribution is -2.46. The standard InChI is InChI=1S/C35H47FN8O4/c1-23(2)44(24(3)4)34(46)28-19-26(36)5-6-29(28)47-33-31(37-22-38-41-33)43-16-10-25(21-43)20-42-17-13-35(14-18-42)11-7-27(8-12-35)40-32(45)30-9-15-39-48-30/h5-6,9,15,19,22-25,27H,7-8,10-14,16-18,20-21H2,1-4H3,(H,40,45)/t25-/m0/s1. The van der Waals surface area contributed by atoms with Gasteiger partial charge in [-0.2, -0.15) is 0 Å². The van der Waals surface area contributed by atoms with Gasteiger partial charge in [-0.15, -0.1) is 10.2 Å². The van der Waals surface area contributed by atoms with E-state index in [2.05, 4.69) is 35.5 Å². The van der Waals surface area contributed by atoms with Crippen molar-refractivity contribution in [3.63, 3.8) is 0 Å². The van der Waals surface area contributed by atoms with Gasteiger partial charge in [0, 0.05) is 43.8 Å². The van der Waals surface area contributed by atoms with Crippen molar-refractivity contribution in [3.05, 3.63) is 53.9 Å². The molecule has 2 saturated heterocycles. The minimum atomic E-state index is -0.512. The van der Waals surface area contributed by atoms with E-state index in [1.807, 2.05) is 27.7 Å². The summed E-state index contributed by atoms with van der Waals surface area (Å²) < 4.78 is 25.6. The van der Waals surface area contributed by atoms with Crippen molar-refractivity contribution in [1.82, 2.24) is 35.5 Å². The maximum Gasteiger partial charge on any atom is 0.290 e. The van der Waals surface area contributed by atoms with Crippen LogP contribution in [-0.4, -0.2) is 92.8 Å². The van der Waals surface area contributed by atoms with Crippen molar-refractivity contribution >= 4 is 17.6 Å². The molecular formula is C35H47FN8O4. The Bertz CT molecular complexity index is 1540. The zero-order chi connectivity index (χ0) is 33.8. The number of benzene rings is 1. The van der Waals surface area contributed by atoms with Gasteiger partial charge in [0.05, 0.1) is 11.8 Å². The first kappa shape index (κ1) is 33.8. The molecule has 0 bridgehead atoms. The van der Waals surface area contributed by atoms with Crippen LogP contribution in [-0.2, 0) is 0 Å². The lowest BCUT2D eigenvalue weighted by Gasteiger charge is -2.46. The second-order valence-corrected chi connectivity index (χ2v) is 14.3. The molecule has 3 fully saturated rings. The highest BCUT2D eigenvalue weighted by Crippen LogP contribution is 2.45. The number of nitrogens with zero attached hydrogens (tertiary/aromatic N) is 7. The number of amides is 2. The van der Waals surface area contributed by atoms with Crippen molar-refractivity contribution in [2.24, 2.45) is 11.3 Å². The Labute approximate surface area is 281 Å². The third-order valence-electron chi connectivity index (χ3n) is 10.4. The fourth-order valence-corrected chi connectivity index (χ4v) is 7.82. The number of rotatable bonds is 10. The van der Waals surface area contributed by atoms with Gasteiger partial charge >= 0.3 is 0 Å². The third-order valence-corrected chi connectivity index (χ3v) is 10.4. The lowest BCUT2D eigenvalue weighted by molar-refractivity contribution is 0.0506. The van der Waals surface area contributed by atoms with Crippen LogP contribution in [0.5, 0.6) is 11.6 Å². The van der Waals surface area contributed by atoms with Gasteiger partial charge in [-0.05, 0) is 115 Å². The molecule has 1 spiro atoms. The number of hydrogen-bond donors (Lipinski definition) is 1. The summed E-state index contributed by atoms with van der Waals surface area (Å²) in [7, 11) is 0. The Morgan fingerprint density at radius 3 is 2.50 bits per heavy atom. The number of piperidine rings is 1. The van der Waals surface area contributed by atoms with E-state index in [1.165, 1.54) is 43.6 Å². The molecule has 0 unspecified atom stereocenters. The molecule has 13 heteroatoms. The van der Waals surface area contributed by atoms with Gasteiger partial charge in [0.25, 0.3) is 17.7 Å². The summed E-state index contributed by atoms with van der Waals surface area (Å²) in [6, 6.07) is 5.60. The van der Waals surface area contributed by atoms with E-state index < -0.39 is 5.82 Å². The number of hydrogen-bond acceptors (Lipinski definition) is 10. The number of halogens is 1. The van der Waals surface area contributed by atoms with Crippen LogP contribution >= 0.6 is 0 Å². The monoisotopic (exact) mass is 662 g/mol. The fraction of sp³-hybridized carbons (Fsp3) is 0.600.